The molecular formula is C13H28N2. The Morgan fingerprint density at radius 3 is 2.40 bits per heavy atom. The molecule has 0 fully saturated rings. The molecule has 0 aliphatic carbocycles. The fourth-order valence-corrected chi connectivity index (χ4v) is 1.92. The van der Waals surface area contributed by atoms with Crippen LogP contribution in [0, 0.1) is 5.92 Å². The third-order valence-corrected chi connectivity index (χ3v) is 2.72. The van der Waals surface area contributed by atoms with Crippen LogP contribution in [0.25, 0.3) is 0 Å². The van der Waals surface area contributed by atoms with E-state index in [1.54, 1.807) is 0 Å². The van der Waals surface area contributed by atoms with E-state index in [1.165, 1.54) is 13.0 Å². The second-order valence-electron chi connectivity index (χ2n) is 4.40. The van der Waals surface area contributed by atoms with Crippen molar-refractivity contribution < 1.29 is 0 Å². The molecule has 0 saturated heterocycles. The molecule has 0 aromatic carbocycles. The van der Waals surface area contributed by atoms with Gasteiger partial charge in [0.1, 0.15) is 0 Å². The molecule has 15 heavy (non-hydrogen) atoms. The Balaban J connectivity index is 4.29. The molecule has 0 aromatic rings. The zero-order valence-corrected chi connectivity index (χ0v) is 10.9. The van der Waals surface area contributed by atoms with Crippen LogP contribution in [-0.2, 0) is 0 Å². The summed E-state index contributed by atoms with van der Waals surface area (Å²) in [4.78, 5) is 2.53. The summed E-state index contributed by atoms with van der Waals surface area (Å²) in [6.07, 6.45) is 3.22. The highest BCUT2D eigenvalue weighted by Crippen LogP contribution is 2.10. The number of nitrogens with zero attached hydrogens (tertiary/aromatic N) is 1. The van der Waals surface area contributed by atoms with Crippen molar-refractivity contribution in [3.8, 4) is 0 Å². The Bertz CT molecular complexity index is 155. The Kier molecular flexibility index (Phi) is 8.73. The van der Waals surface area contributed by atoms with E-state index in [0.29, 0.717) is 12.0 Å². The minimum absolute atomic E-state index is 0.628. The smallest absolute Gasteiger partial charge is 0.0246 e. The highest BCUT2D eigenvalue weighted by molar-refractivity contribution is 4.82. The average molecular weight is 212 g/mol. The van der Waals surface area contributed by atoms with Crippen molar-refractivity contribution in [3.05, 3.63) is 12.7 Å². The summed E-state index contributed by atoms with van der Waals surface area (Å²) in [6.45, 7) is 17.1. The van der Waals surface area contributed by atoms with Gasteiger partial charge in [0.15, 0.2) is 0 Å². The van der Waals surface area contributed by atoms with Crippen molar-refractivity contribution in [3.63, 3.8) is 0 Å². The van der Waals surface area contributed by atoms with E-state index in [1.807, 2.05) is 6.08 Å². The van der Waals surface area contributed by atoms with E-state index in [2.05, 4.69) is 44.5 Å². The molecule has 0 saturated carbocycles. The topological polar surface area (TPSA) is 15.3 Å². The van der Waals surface area contributed by atoms with Crippen LogP contribution in [0.3, 0.4) is 0 Å². The third kappa shape index (κ3) is 5.95. The monoisotopic (exact) mass is 212 g/mol. The Morgan fingerprint density at radius 1 is 1.33 bits per heavy atom. The highest BCUT2D eigenvalue weighted by Gasteiger charge is 2.19. The molecule has 0 bridgehead atoms. The van der Waals surface area contributed by atoms with Crippen molar-refractivity contribution in [2.45, 2.75) is 40.2 Å². The first-order chi connectivity index (χ1) is 7.17. The lowest BCUT2D eigenvalue weighted by Crippen LogP contribution is -2.46. The normalized spacial score (nSPS) is 13.5. The van der Waals surface area contributed by atoms with Gasteiger partial charge in [0, 0.05) is 19.1 Å². The van der Waals surface area contributed by atoms with Crippen LogP contribution in [0.2, 0.25) is 0 Å². The maximum Gasteiger partial charge on any atom is 0.0246 e. The highest BCUT2D eigenvalue weighted by atomic mass is 15.2. The predicted molar refractivity (Wildman–Crippen MR) is 69.2 cm³/mol. The van der Waals surface area contributed by atoms with Gasteiger partial charge in [0.25, 0.3) is 0 Å². The van der Waals surface area contributed by atoms with E-state index in [-0.39, 0.29) is 0 Å². The SMILES string of the molecule is C=CCN(CCC)C(CNCC)C(C)C. The molecule has 2 heteroatoms. The maximum atomic E-state index is 3.84. The quantitative estimate of drug-likeness (QED) is 0.591. The molecule has 0 heterocycles. The molecule has 0 aliphatic heterocycles. The summed E-state index contributed by atoms with van der Waals surface area (Å²) in [6, 6.07) is 0.628. The summed E-state index contributed by atoms with van der Waals surface area (Å²) >= 11 is 0. The van der Waals surface area contributed by atoms with E-state index in [9.17, 15) is 0 Å². The van der Waals surface area contributed by atoms with Gasteiger partial charge in [-0.1, -0.05) is 33.8 Å². The zero-order chi connectivity index (χ0) is 11.7. The zero-order valence-electron chi connectivity index (χ0n) is 10.9. The van der Waals surface area contributed by atoms with Crippen LogP contribution in [0.5, 0.6) is 0 Å². The van der Waals surface area contributed by atoms with E-state index < -0.39 is 0 Å². The number of nitrogens with one attached hydrogen (secondary N) is 1. The van der Waals surface area contributed by atoms with Crippen molar-refractivity contribution >= 4 is 0 Å². The number of rotatable bonds is 9. The molecule has 1 unspecified atom stereocenters. The summed E-state index contributed by atoms with van der Waals surface area (Å²) in [7, 11) is 0. The first kappa shape index (κ1) is 14.7. The molecular weight excluding hydrogens is 184 g/mol. The van der Waals surface area contributed by atoms with Crippen LogP contribution in [-0.4, -0.2) is 37.1 Å². The second kappa shape index (κ2) is 8.93. The van der Waals surface area contributed by atoms with Crippen LogP contribution in [0.4, 0.5) is 0 Å². The van der Waals surface area contributed by atoms with Gasteiger partial charge in [-0.15, -0.1) is 6.58 Å². The number of hydrogen-bond donors (Lipinski definition) is 1. The van der Waals surface area contributed by atoms with Gasteiger partial charge in [-0.3, -0.25) is 4.90 Å². The molecule has 0 rings (SSSR count). The molecule has 1 N–H and O–H groups in total. The minimum Gasteiger partial charge on any atom is -0.315 e. The molecule has 1 atom stereocenters. The lowest BCUT2D eigenvalue weighted by Gasteiger charge is -2.33. The lowest BCUT2D eigenvalue weighted by molar-refractivity contribution is 0.168. The van der Waals surface area contributed by atoms with E-state index in [4.69, 9.17) is 0 Å². The van der Waals surface area contributed by atoms with Gasteiger partial charge >= 0.3 is 0 Å². The maximum absolute atomic E-state index is 3.84. The van der Waals surface area contributed by atoms with Crippen molar-refractivity contribution in [1.82, 2.24) is 10.2 Å². The molecule has 0 amide bonds. The summed E-state index contributed by atoms with van der Waals surface area (Å²) in [5, 5.41) is 3.45. The standard InChI is InChI=1S/C13H28N2/c1-6-9-15(10-7-2)13(12(4)5)11-14-8-3/h6,12-14H,1,7-11H2,2-5H3. The van der Waals surface area contributed by atoms with E-state index >= 15 is 0 Å². The number of hydrogen-bond acceptors (Lipinski definition) is 2. The summed E-state index contributed by atoms with van der Waals surface area (Å²) in [5.41, 5.74) is 0. The molecule has 0 aromatic heterocycles. The summed E-state index contributed by atoms with van der Waals surface area (Å²) in [5.74, 6) is 0.690. The first-order valence-corrected chi connectivity index (χ1v) is 6.22. The van der Waals surface area contributed by atoms with Crippen LogP contribution in [0.1, 0.15) is 34.1 Å². The van der Waals surface area contributed by atoms with E-state index in [0.717, 1.165) is 19.6 Å². The molecule has 90 valence electrons. The Labute approximate surface area is 95.7 Å². The predicted octanol–water partition coefficient (Wildman–Crippen LogP) is 2.52. The number of likely N-dealkylation sites (N-methyl/N-ethyl adjacent to an activating group) is 1. The van der Waals surface area contributed by atoms with Crippen LogP contribution < -0.4 is 5.32 Å². The van der Waals surface area contributed by atoms with Gasteiger partial charge < -0.3 is 5.32 Å². The lowest BCUT2D eigenvalue weighted by atomic mass is 10.0. The van der Waals surface area contributed by atoms with Gasteiger partial charge in [0.2, 0.25) is 0 Å². The van der Waals surface area contributed by atoms with Crippen LogP contribution in [0.15, 0.2) is 12.7 Å². The minimum atomic E-state index is 0.628. The first-order valence-electron chi connectivity index (χ1n) is 6.22. The molecule has 2 nitrogen and oxygen atoms in total. The third-order valence-electron chi connectivity index (χ3n) is 2.72. The molecule has 0 radical (unpaired) electrons. The van der Waals surface area contributed by atoms with Gasteiger partial charge in [-0.2, -0.15) is 0 Å². The fraction of sp³-hybridized carbons (Fsp3) is 0.846. The average Bonchev–Trinajstić information content (AvgIpc) is 2.18. The largest absolute Gasteiger partial charge is 0.315 e. The summed E-state index contributed by atoms with van der Waals surface area (Å²) < 4.78 is 0. The van der Waals surface area contributed by atoms with Crippen molar-refractivity contribution in [2.24, 2.45) is 5.92 Å². The van der Waals surface area contributed by atoms with Crippen molar-refractivity contribution in [1.29, 1.82) is 0 Å². The second-order valence-corrected chi connectivity index (χ2v) is 4.40. The van der Waals surface area contributed by atoms with Crippen LogP contribution >= 0.6 is 0 Å². The fourth-order valence-electron chi connectivity index (χ4n) is 1.92. The Hall–Kier alpha value is -0.340. The molecule has 0 aliphatic rings. The van der Waals surface area contributed by atoms with Crippen molar-refractivity contribution in [2.75, 3.05) is 26.2 Å². The van der Waals surface area contributed by atoms with Gasteiger partial charge in [-0.05, 0) is 25.4 Å². The molecule has 0 spiro atoms. The Morgan fingerprint density at radius 2 is 2.00 bits per heavy atom. The van der Waals surface area contributed by atoms with Gasteiger partial charge in [-0.25, -0.2) is 0 Å². The van der Waals surface area contributed by atoms with Gasteiger partial charge in [0.05, 0.1) is 0 Å².